The van der Waals surface area contributed by atoms with Crippen molar-refractivity contribution in [2.75, 3.05) is 44.7 Å². The van der Waals surface area contributed by atoms with E-state index in [9.17, 15) is 28.4 Å². The third kappa shape index (κ3) is 3.76. The summed E-state index contributed by atoms with van der Waals surface area (Å²) in [6, 6.07) is 1.08. The lowest BCUT2D eigenvalue weighted by atomic mass is 10.0. The Morgan fingerprint density at radius 2 is 1.77 bits per heavy atom. The minimum Gasteiger partial charge on any atom is -0.363 e. The van der Waals surface area contributed by atoms with E-state index in [1.807, 2.05) is 0 Å². The van der Waals surface area contributed by atoms with Crippen molar-refractivity contribution in [2.24, 2.45) is 0 Å². The van der Waals surface area contributed by atoms with Gasteiger partial charge >= 0.3 is 0 Å². The molecule has 1 aromatic rings. The van der Waals surface area contributed by atoms with Crippen LogP contribution < -0.4 is 15.5 Å². The molecule has 3 aliphatic rings. The van der Waals surface area contributed by atoms with Crippen molar-refractivity contribution in [3.8, 4) is 0 Å². The highest BCUT2D eigenvalue weighted by atomic mass is 19.1. The SMILES string of the molecule is CN(CC(=O)N1CCNCC1)c1cc2c(cc1F)C(=O)N(C1CCC(=O)NC1=O)C2=O. The fourth-order valence-electron chi connectivity index (χ4n) is 4.07. The molecule has 0 bridgehead atoms. The van der Waals surface area contributed by atoms with Gasteiger partial charge in [-0.15, -0.1) is 0 Å². The number of anilines is 1. The van der Waals surface area contributed by atoms with Crippen LogP contribution in [0.25, 0.3) is 0 Å². The minimum atomic E-state index is -1.12. The van der Waals surface area contributed by atoms with Gasteiger partial charge in [0, 0.05) is 39.6 Å². The number of carbonyl (C=O) groups is 5. The number of piperidine rings is 1. The maximum Gasteiger partial charge on any atom is 0.262 e. The third-order valence-electron chi connectivity index (χ3n) is 5.76. The molecule has 164 valence electrons. The van der Waals surface area contributed by atoms with Crippen molar-refractivity contribution in [1.82, 2.24) is 20.4 Å². The summed E-state index contributed by atoms with van der Waals surface area (Å²) in [6.07, 6.45) is 0.0187. The number of imide groups is 2. The second kappa shape index (κ2) is 8.06. The average Bonchev–Trinajstić information content (AvgIpc) is 2.98. The fourth-order valence-corrected chi connectivity index (χ4v) is 4.07. The Hall–Kier alpha value is -3.34. The summed E-state index contributed by atoms with van der Waals surface area (Å²) in [7, 11) is 1.53. The van der Waals surface area contributed by atoms with Gasteiger partial charge in [0.05, 0.1) is 23.4 Å². The Labute approximate surface area is 177 Å². The Balaban J connectivity index is 1.56. The molecule has 0 saturated carbocycles. The predicted molar refractivity (Wildman–Crippen MR) is 106 cm³/mol. The Bertz CT molecular complexity index is 990. The summed E-state index contributed by atoms with van der Waals surface area (Å²) in [5.74, 6) is -3.62. The molecule has 0 spiro atoms. The molecular weight excluding hydrogens is 409 g/mol. The van der Waals surface area contributed by atoms with E-state index in [0.717, 1.165) is 11.0 Å². The summed E-state index contributed by atoms with van der Waals surface area (Å²) >= 11 is 0. The van der Waals surface area contributed by atoms with Crippen LogP contribution in [0, 0.1) is 5.82 Å². The molecular formula is C20H22FN5O5. The first-order chi connectivity index (χ1) is 14.8. The second-order valence-corrected chi connectivity index (χ2v) is 7.78. The van der Waals surface area contributed by atoms with Crippen LogP contribution in [-0.2, 0) is 14.4 Å². The van der Waals surface area contributed by atoms with Gasteiger partial charge in [-0.1, -0.05) is 0 Å². The van der Waals surface area contributed by atoms with Crippen LogP contribution in [0.5, 0.6) is 0 Å². The fraction of sp³-hybridized carbons (Fsp3) is 0.450. The van der Waals surface area contributed by atoms with E-state index >= 15 is 0 Å². The quantitative estimate of drug-likeness (QED) is 0.593. The number of nitrogens with one attached hydrogen (secondary N) is 2. The molecule has 2 saturated heterocycles. The second-order valence-electron chi connectivity index (χ2n) is 7.78. The van der Waals surface area contributed by atoms with Crippen LogP contribution in [0.15, 0.2) is 12.1 Å². The zero-order chi connectivity index (χ0) is 22.3. The number of amides is 5. The Kier molecular flexibility index (Phi) is 5.44. The van der Waals surface area contributed by atoms with Gasteiger partial charge in [-0.2, -0.15) is 0 Å². The van der Waals surface area contributed by atoms with Gasteiger partial charge in [-0.3, -0.25) is 34.2 Å². The number of halogens is 1. The first-order valence-corrected chi connectivity index (χ1v) is 10.0. The Morgan fingerprint density at radius 1 is 1.13 bits per heavy atom. The molecule has 10 nitrogen and oxygen atoms in total. The number of nitrogens with zero attached hydrogens (tertiary/aromatic N) is 3. The molecule has 3 heterocycles. The van der Waals surface area contributed by atoms with Gasteiger partial charge < -0.3 is 15.1 Å². The van der Waals surface area contributed by atoms with Gasteiger partial charge in [0.1, 0.15) is 11.9 Å². The van der Waals surface area contributed by atoms with Crippen LogP contribution in [0.4, 0.5) is 10.1 Å². The van der Waals surface area contributed by atoms with Crippen molar-refractivity contribution >= 4 is 35.2 Å². The summed E-state index contributed by atoms with van der Waals surface area (Å²) in [6.45, 7) is 2.42. The zero-order valence-corrected chi connectivity index (χ0v) is 16.9. The van der Waals surface area contributed by atoms with Gasteiger partial charge in [0.15, 0.2) is 0 Å². The molecule has 0 aromatic heterocycles. The van der Waals surface area contributed by atoms with Crippen molar-refractivity contribution in [3.63, 3.8) is 0 Å². The number of piperazine rings is 1. The normalized spacial score (nSPS) is 21.3. The largest absolute Gasteiger partial charge is 0.363 e. The minimum absolute atomic E-state index is 0.000290. The molecule has 31 heavy (non-hydrogen) atoms. The van der Waals surface area contributed by atoms with E-state index in [4.69, 9.17) is 0 Å². The number of hydrogen-bond acceptors (Lipinski definition) is 7. The first kappa shape index (κ1) is 20.9. The molecule has 0 aliphatic carbocycles. The lowest BCUT2D eigenvalue weighted by molar-refractivity contribution is -0.136. The maximum atomic E-state index is 14.8. The molecule has 3 aliphatic heterocycles. The first-order valence-electron chi connectivity index (χ1n) is 10.0. The standard InChI is InChI=1S/C20H22FN5O5/c1-24(10-17(28)25-6-4-22-5-7-25)15-9-12-11(8-13(15)21)19(30)26(20(12)31)14-2-3-16(27)23-18(14)29/h8-9,14,22H,2-7,10H2,1H3,(H,23,27,29). The number of carbonyl (C=O) groups excluding carboxylic acids is 5. The van der Waals surface area contributed by atoms with Crippen molar-refractivity contribution in [3.05, 3.63) is 29.1 Å². The summed E-state index contributed by atoms with van der Waals surface area (Å²) < 4.78 is 14.8. The van der Waals surface area contributed by atoms with Crippen LogP contribution in [0.1, 0.15) is 33.6 Å². The molecule has 1 atom stereocenters. The number of benzene rings is 1. The monoisotopic (exact) mass is 431 g/mol. The van der Waals surface area contributed by atoms with E-state index in [0.29, 0.717) is 26.2 Å². The smallest absolute Gasteiger partial charge is 0.262 e. The molecule has 1 aromatic carbocycles. The van der Waals surface area contributed by atoms with Crippen LogP contribution in [-0.4, -0.2) is 85.1 Å². The predicted octanol–water partition coefficient (Wildman–Crippen LogP) is -0.905. The van der Waals surface area contributed by atoms with E-state index in [1.54, 1.807) is 4.90 Å². The van der Waals surface area contributed by atoms with Crippen LogP contribution in [0.3, 0.4) is 0 Å². The zero-order valence-electron chi connectivity index (χ0n) is 16.9. The van der Waals surface area contributed by atoms with Gasteiger partial charge in [-0.25, -0.2) is 4.39 Å². The van der Waals surface area contributed by atoms with E-state index in [2.05, 4.69) is 10.6 Å². The molecule has 0 radical (unpaired) electrons. The van der Waals surface area contributed by atoms with Gasteiger partial charge in [0.2, 0.25) is 17.7 Å². The van der Waals surface area contributed by atoms with Gasteiger partial charge in [-0.05, 0) is 18.6 Å². The van der Waals surface area contributed by atoms with Crippen molar-refractivity contribution in [2.45, 2.75) is 18.9 Å². The van der Waals surface area contributed by atoms with Crippen molar-refractivity contribution < 1.29 is 28.4 Å². The topological polar surface area (TPSA) is 119 Å². The summed E-state index contributed by atoms with van der Waals surface area (Å²) in [4.78, 5) is 65.5. The van der Waals surface area contributed by atoms with Crippen LogP contribution >= 0.6 is 0 Å². The summed E-state index contributed by atoms with van der Waals surface area (Å²) in [5, 5.41) is 5.26. The molecule has 1 unspecified atom stereocenters. The highest BCUT2D eigenvalue weighted by Gasteiger charge is 2.45. The molecule has 2 N–H and O–H groups in total. The van der Waals surface area contributed by atoms with Crippen molar-refractivity contribution in [1.29, 1.82) is 0 Å². The van der Waals surface area contributed by atoms with E-state index in [1.165, 1.54) is 18.0 Å². The number of hydrogen-bond donors (Lipinski definition) is 2. The third-order valence-corrected chi connectivity index (χ3v) is 5.76. The molecule has 2 fully saturated rings. The number of rotatable bonds is 4. The Morgan fingerprint density at radius 3 is 2.42 bits per heavy atom. The van der Waals surface area contributed by atoms with Crippen LogP contribution in [0.2, 0.25) is 0 Å². The number of fused-ring (bicyclic) bond motifs is 1. The molecule has 11 heteroatoms. The number of likely N-dealkylation sites (N-methyl/N-ethyl adjacent to an activating group) is 1. The maximum absolute atomic E-state index is 14.8. The van der Waals surface area contributed by atoms with E-state index in [-0.39, 0.29) is 42.1 Å². The summed E-state index contributed by atoms with van der Waals surface area (Å²) in [5.41, 5.74) is -0.168. The average molecular weight is 431 g/mol. The highest BCUT2D eigenvalue weighted by molar-refractivity contribution is 6.23. The lowest BCUT2D eigenvalue weighted by Gasteiger charge is -2.30. The van der Waals surface area contributed by atoms with Gasteiger partial charge in [0.25, 0.3) is 11.8 Å². The lowest BCUT2D eigenvalue weighted by Crippen LogP contribution is -2.54. The highest BCUT2D eigenvalue weighted by Crippen LogP contribution is 2.32. The van der Waals surface area contributed by atoms with E-state index < -0.39 is 35.5 Å². The molecule has 5 amide bonds. The molecule has 4 rings (SSSR count).